The average molecular weight is 532 g/mol. The van der Waals surface area contributed by atoms with Gasteiger partial charge in [0.2, 0.25) is 5.88 Å². The highest BCUT2D eigenvalue weighted by Crippen LogP contribution is 2.45. The number of ether oxygens (including phenoxy) is 1. The summed E-state index contributed by atoms with van der Waals surface area (Å²) in [4.78, 5) is 28.5. The Kier molecular flexibility index (Phi) is 7.36. The molecule has 0 N–H and O–H groups in total. The van der Waals surface area contributed by atoms with E-state index >= 15 is 0 Å². The number of aromatic nitrogens is 2. The number of carbonyl (C=O) groups is 1. The fraction of sp³-hybridized carbons (Fsp3) is 0.308. The number of hydrogen-bond donors (Lipinski definition) is 0. The van der Waals surface area contributed by atoms with Crippen LogP contribution in [-0.4, -0.2) is 32.7 Å². The van der Waals surface area contributed by atoms with Gasteiger partial charge in [-0.3, -0.25) is 14.7 Å². The van der Waals surface area contributed by atoms with E-state index in [1.165, 1.54) is 4.90 Å². The first kappa shape index (κ1) is 25.4. The molecule has 2 heterocycles. The third kappa shape index (κ3) is 5.30. The van der Waals surface area contributed by atoms with Gasteiger partial charge in [0.25, 0.3) is 0 Å². The van der Waals surface area contributed by atoms with Crippen molar-refractivity contribution in [3.63, 3.8) is 0 Å². The molecule has 1 aliphatic rings. The Morgan fingerprint density at radius 2 is 1.57 bits per heavy atom. The molecule has 0 aliphatic carbocycles. The van der Waals surface area contributed by atoms with Crippen LogP contribution in [0.25, 0.3) is 0 Å². The number of hydrogen-bond acceptors (Lipinski definition) is 5. The van der Waals surface area contributed by atoms with Crippen LogP contribution in [0.3, 0.4) is 0 Å². The monoisotopic (exact) mass is 530 g/mol. The molecule has 1 aromatic heterocycles. The summed E-state index contributed by atoms with van der Waals surface area (Å²) in [6.07, 6.45) is 1.65. The second kappa shape index (κ2) is 10.1. The van der Waals surface area contributed by atoms with Crippen molar-refractivity contribution in [1.29, 1.82) is 0 Å². The Morgan fingerprint density at radius 1 is 1.00 bits per heavy atom. The van der Waals surface area contributed by atoms with Crippen LogP contribution in [0, 0.1) is 0 Å². The van der Waals surface area contributed by atoms with Gasteiger partial charge >= 0.3 is 5.37 Å². The number of amidine groups is 1. The second-order valence-electron chi connectivity index (χ2n) is 9.16. The summed E-state index contributed by atoms with van der Waals surface area (Å²) in [6.45, 7) is 8.32. The van der Waals surface area contributed by atoms with E-state index in [4.69, 9.17) is 44.5 Å². The highest BCUT2D eigenvalue weighted by Gasteiger charge is 2.43. The third-order valence-corrected chi connectivity index (χ3v) is 6.31. The van der Waals surface area contributed by atoms with Gasteiger partial charge in [0, 0.05) is 21.7 Å². The van der Waals surface area contributed by atoms with E-state index in [0.717, 1.165) is 11.1 Å². The number of amides is 1. The zero-order chi connectivity index (χ0) is 25.3. The Hall–Kier alpha value is -2.67. The molecular formula is C26H25Cl3N4O2. The zero-order valence-electron chi connectivity index (χ0n) is 19.8. The summed E-state index contributed by atoms with van der Waals surface area (Å²) in [7, 11) is 0. The van der Waals surface area contributed by atoms with Gasteiger partial charge in [0.1, 0.15) is 17.7 Å². The van der Waals surface area contributed by atoms with Gasteiger partial charge in [-0.1, -0.05) is 68.2 Å². The number of rotatable bonds is 5. The molecule has 1 amide bonds. The molecular weight excluding hydrogens is 507 g/mol. The molecule has 9 heteroatoms. The van der Waals surface area contributed by atoms with Crippen LogP contribution < -0.4 is 4.74 Å². The molecule has 3 aromatic rings. The van der Waals surface area contributed by atoms with E-state index in [1.54, 1.807) is 30.5 Å². The van der Waals surface area contributed by atoms with Crippen molar-refractivity contribution in [3.05, 3.63) is 87.3 Å². The summed E-state index contributed by atoms with van der Waals surface area (Å²) >= 11 is 18.5. The molecule has 0 radical (unpaired) electrons. The standard InChI is InChI=1S/C26H25Cl3N4O2/c1-5-35-23-19(14-30-24(32-23)26(2,3)4)22-31-20(15-6-10-17(27)11-7-15)21(33(22)25(29)34)16-8-12-18(28)13-9-16/h6-14,20-21H,5H2,1-4H3. The van der Waals surface area contributed by atoms with Gasteiger partial charge in [-0.05, 0) is 53.9 Å². The first-order valence-electron chi connectivity index (χ1n) is 11.2. The van der Waals surface area contributed by atoms with Crippen molar-refractivity contribution >= 4 is 46.0 Å². The fourth-order valence-electron chi connectivity index (χ4n) is 3.97. The second-order valence-corrected chi connectivity index (χ2v) is 10.4. The fourth-order valence-corrected chi connectivity index (χ4v) is 4.40. The lowest BCUT2D eigenvalue weighted by Crippen LogP contribution is -2.35. The molecule has 0 fully saturated rings. The Labute approximate surface area is 219 Å². The number of nitrogens with zero attached hydrogens (tertiary/aromatic N) is 4. The van der Waals surface area contributed by atoms with Gasteiger partial charge in [-0.2, -0.15) is 4.98 Å². The number of benzene rings is 2. The van der Waals surface area contributed by atoms with Gasteiger partial charge in [0.15, 0.2) is 0 Å². The van der Waals surface area contributed by atoms with E-state index in [2.05, 4.69) is 9.97 Å². The predicted molar refractivity (Wildman–Crippen MR) is 140 cm³/mol. The Balaban J connectivity index is 1.91. The van der Waals surface area contributed by atoms with E-state index < -0.39 is 17.5 Å². The highest BCUT2D eigenvalue weighted by atomic mass is 35.5. The summed E-state index contributed by atoms with van der Waals surface area (Å²) in [5.74, 6) is 1.31. The van der Waals surface area contributed by atoms with Crippen molar-refractivity contribution in [2.24, 2.45) is 4.99 Å². The Morgan fingerprint density at radius 3 is 2.09 bits per heavy atom. The molecule has 2 aromatic carbocycles. The van der Waals surface area contributed by atoms with Crippen LogP contribution >= 0.6 is 34.8 Å². The molecule has 182 valence electrons. The Bertz CT molecular complexity index is 1260. The normalized spacial score (nSPS) is 17.9. The number of carbonyl (C=O) groups excluding carboxylic acids is 1. The molecule has 35 heavy (non-hydrogen) atoms. The molecule has 1 aliphatic heterocycles. The molecule has 0 saturated carbocycles. The quantitative estimate of drug-likeness (QED) is 0.254. The maximum Gasteiger partial charge on any atom is 0.322 e. The van der Waals surface area contributed by atoms with Crippen LogP contribution in [0.15, 0.2) is 59.7 Å². The first-order chi connectivity index (χ1) is 16.6. The highest BCUT2D eigenvalue weighted by molar-refractivity contribution is 6.64. The topological polar surface area (TPSA) is 67.7 Å². The largest absolute Gasteiger partial charge is 0.477 e. The lowest BCUT2D eigenvalue weighted by atomic mass is 9.94. The van der Waals surface area contributed by atoms with Crippen LogP contribution in [0.1, 0.15) is 62.3 Å². The number of aliphatic imine (C=N–C) groups is 1. The zero-order valence-corrected chi connectivity index (χ0v) is 22.1. The molecule has 4 rings (SSSR count). The van der Waals surface area contributed by atoms with E-state index in [1.807, 2.05) is 52.0 Å². The summed E-state index contributed by atoms with van der Waals surface area (Å²) in [5.41, 5.74) is 1.90. The predicted octanol–water partition coefficient (Wildman–Crippen LogP) is 7.38. The van der Waals surface area contributed by atoms with Crippen molar-refractivity contribution in [3.8, 4) is 5.88 Å². The van der Waals surface area contributed by atoms with Gasteiger partial charge in [-0.15, -0.1) is 0 Å². The van der Waals surface area contributed by atoms with E-state index in [9.17, 15) is 4.79 Å². The van der Waals surface area contributed by atoms with Gasteiger partial charge < -0.3 is 4.74 Å². The van der Waals surface area contributed by atoms with Crippen LogP contribution in [0.5, 0.6) is 5.88 Å². The molecule has 0 spiro atoms. The molecule has 6 nitrogen and oxygen atoms in total. The van der Waals surface area contributed by atoms with Gasteiger partial charge in [0.05, 0.1) is 18.2 Å². The lowest BCUT2D eigenvalue weighted by Gasteiger charge is -2.28. The van der Waals surface area contributed by atoms with Crippen molar-refractivity contribution in [2.75, 3.05) is 6.61 Å². The van der Waals surface area contributed by atoms with Crippen LogP contribution in [0.2, 0.25) is 10.0 Å². The minimum atomic E-state index is -0.678. The maximum atomic E-state index is 12.9. The molecule has 2 unspecified atom stereocenters. The first-order valence-corrected chi connectivity index (χ1v) is 12.3. The van der Waals surface area contributed by atoms with Crippen molar-refractivity contribution in [1.82, 2.24) is 14.9 Å². The average Bonchev–Trinajstić information content (AvgIpc) is 3.20. The molecule has 2 atom stereocenters. The molecule has 0 bridgehead atoms. The van der Waals surface area contributed by atoms with Crippen LogP contribution in [0.4, 0.5) is 4.79 Å². The van der Waals surface area contributed by atoms with Gasteiger partial charge in [-0.25, -0.2) is 4.98 Å². The van der Waals surface area contributed by atoms with Crippen LogP contribution in [-0.2, 0) is 5.41 Å². The summed E-state index contributed by atoms with van der Waals surface area (Å²) in [5, 5.41) is 0.515. The maximum absolute atomic E-state index is 12.9. The third-order valence-electron chi connectivity index (χ3n) is 5.63. The summed E-state index contributed by atoms with van der Waals surface area (Å²) < 4.78 is 5.88. The molecule has 0 saturated heterocycles. The van der Waals surface area contributed by atoms with E-state index in [0.29, 0.717) is 39.8 Å². The van der Waals surface area contributed by atoms with Crippen molar-refractivity contribution < 1.29 is 9.53 Å². The summed E-state index contributed by atoms with van der Waals surface area (Å²) in [6, 6.07) is 13.7. The van der Waals surface area contributed by atoms with Crippen molar-refractivity contribution in [2.45, 2.75) is 45.2 Å². The number of halogens is 3. The smallest absolute Gasteiger partial charge is 0.322 e. The minimum Gasteiger partial charge on any atom is -0.477 e. The lowest BCUT2D eigenvalue weighted by molar-refractivity contribution is 0.231. The van der Waals surface area contributed by atoms with E-state index in [-0.39, 0.29) is 5.41 Å². The minimum absolute atomic E-state index is 0.290. The SMILES string of the molecule is CCOc1nc(C(C)(C)C)ncc1C1=NC(c2ccc(Cl)cc2)C(c2ccc(Cl)cc2)N1C(=O)Cl.